The van der Waals surface area contributed by atoms with Crippen molar-refractivity contribution in [3.05, 3.63) is 96.6 Å². The number of rotatable bonds is 12. The number of nitrogens with one attached hydrogen (secondary N) is 3. The molecule has 0 saturated carbocycles. The van der Waals surface area contributed by atoms with Crippen LogP contribution in [0.4, 0.5) is 0 Å². The Balaban J connectivity index is 1.19. The van der Waals surface area contributed by atoms with Crippen LogP contribution in [0.25, 0.3) is 10.2 Å². The van der Waals surface area contributed by atoms with Gasteiger partial charge in [-0.1, -0.05) is 70.9 Å². The molecule has 1 unspecified atom stereocenters. The van der Waals surface area contributed by atoms with Gasteiger partial charge in [0.25, 0.3) is 0 Å². The molecule has 0 fully saturated rings. The summed E-state index contributed by atoms with van der Waals surface area (Å²) in [6.45, 7) is 2.20. The number of hydrogen-bond donors (Lipinski definition) is 5. The van der Waals surface area contributed by atoms with E-state index in [9.17, 15) is 15.0 Å². The van der Waals surface area contributed by atoms with Gasteiger partial charge in [0.15, 0.2) is 0 Å². The fourth-order valence-corrected chi connectivity index (χ4v) is 5.65. The maximum Gasteiger partial charge on any atom is 0.305 e. The maximum atomic E-state index is 11.7. The molecular formula is C27H29Cl2N3O3S. The zero-order valence-electron chi connectivity index (χ0n) is 19.7. The Morgan fingerprint density at radius 3 is 2.53 bits per heavy atom. The van der Waals surface area contributed by atoms with Crippen molar-refractivity contribution in [2.45, 2.75) is 38.5 Å². The van der Waals surface area contributed by atoms with Gasteiger partial charge in [-0.25, -0.2) is 0 Å². The van der Waals surface area contributed by atoms with E-state index in [1.165, 1.54) is 11.1 Å². The number of aromatic nitrogens is 1. The number of H-pyrrole nitrogens is 1. The molecule has 190 valence electrons. The molecule has 3 aromatic carbocycles. The molecule has 0 aliphatic carbocycles. The zero-order valence-corrected chi connectivity index (χ0v) is 22.0. The Kier molecular flexibility index (Phi) is 9.42. The van der Waals surface area contributed by atoms with Crippen LogP contribution in [-0.4, -0.2) is 34.5 Å². The first-order valence-electron chi connectivity index (χ1n) is 11.9. The number of phenols is 1. The van der Waals surface area contributed by atoms with Crippen molar-refractivity contribution in [3.8, 4) is 5.75 Å². The summed E-state index contributed by atoms with van der Waals surface area (Å²) in [5.41, 5.74) is 4.68. The smallest absolute Gasteiger partial charge is 0.305 e. The second-order valence-corrected chi connectivity index (χ2v) is 10.5. The van der Waals surface area contributed by atoms with Crippen LogP contribution >= 0.6 is 34.5 Å². The molecule has 0 spiro atoms. The fourth-order valence-electron chi connectivity index (χ4n) is 4.19. The lowest BCUT2D eigenvalue weighted by atomic mass is 10.1. The van der Waals surface area contributed by atoms with Crippen LogP contribution < -0.4 is 15.5 Å². The third-order valence-corrected chi connectivity index (χ3v) is 7.67. The van der Waals surface area contributed by atoms with Gasteiger partial charge in [-0.05, 0) is 72.8 Å². The summed E-state index contributed by atoms with van der Waals surface area (Å²) in [6.07, 6.45) is 2.15. The van der Waals surface area contributed by atoms with Crippen LogP contribution in [-0.2, 0) is 25.8 Å². The molecule has 9 heteroatoms. The van der Waals surface area contributed by atoms with Gasteiger partial charge in [-0.3, -0.25) is 10.1 Å². The van der Waals surface area contributed by atoms with Gasteiger partial charge in [0.1, 0.15) is 17.5 Å². The van der Waals surface area contributed by atoms with E-state index in [0.717, 1.165) is 54.8 Å². The van der Waals surface area contributed by atoms with Crippen LogP contribution in [0.15, 0.2) is 59.4 Å². The molecule has 0 saturated heterocycles. The average molecular weight is 547 g/mol. The van der Waals surface area contributed by atoms with Crippen molar-refractivity contribution >= 4 is 44.8 Å². The van der Waals surface area contributed by atoms with E-state index < -0.39 is 6.23 Å². The second-order valence-electron chi connectivity index (χ2n) is 8.69. The van der Waals surface area contributed by atoms with E-state index in [2.05, 4.69) is 39.9 Å². The van der Waals surface area contributed by atoms with Crippen LogP contribution in [0.2, 0.25) is 10.0 Å². The van der Waals surface area contributed by atoms with Gasteiger partial charge in [0, 0.05) is 23.0 Å². The molecule has 36 heavy (non-hydrogen) atoms. The summed E-state index contributed by atoms with van der Waals surface area (Å²) >= 11 is 13.5. The van der Waals surface area contributed by atoms with E-state index in [4.69, 9.17) is 23.2 Å². The highest BCUT2D eigenvalue weighted by Crippen LogP contribution is 2.28. The van der Waals surface area contributed by atoms with E-state index >= 15 is 0 Å². The highest BCUT2D eigenvalue weighted by molar-refractivity contribution is 7.16. The van der Waals surface area contributed by atoms with Gasteiger partial charge < -0.3 is 20.5 Å². The molecule has 1 heterocycles. The topological polar surface area (TPSA) is 97.4 Å². The molecule has 6 nitrogen and oxygen atoms in total. The minimum atomic E-state index is -0.739. The minimum Gasteiger partial charge on any atom is -0.506 e. The Morgan fingerprint density at radius 2 is 1.72 bits per heavy atom. The number of halogens is 2. The quantitative estimate of drug-likeness (QED) is 0.127. The molecule has 4 aromatic rings. The molecule has 0 amide bonds. The molecule has 0 aliphatic heterocycles. The molecule has 1 atom stereocenters. The normalized spacial score (nSPS) is 12.3. The highest BCUT2D eigenvalue weighted by atomic mass is 35.5. The summed E-state index contributed by atoms with van der Waals surface area (Å²) in [5, 5.41) is 28.3. The van der Waals surface area contributed by atoms with Crippen molar-refractivity contribution in [2.75, 3.05) is 13.1 Å². The summed E-state index contributed by atoms with van der Waals surface area (Å²) in [4.78, 5) is 14.1. The highest BCUT2D eigenvalue weighted by Gasteiger charge is 2.13. The molecule has 0 aliphatic rings. The summed E-state index contributed by atoms with van der Waals surface area (Å²) in [5.74, 6) is 0.0389. The van der Waals surface area contributed by atoms with E-state index in [1.807, 2.05) is 18.2 Å². The van der Waals surface area contributed by atoms with Gasteiger partial charge in [0.2, 0.25) is 0 Å². The number of benzene rings is 3. The summed E-state index contributed by atoms with van der Waals surface area (Å²) in [6, 6.07) is 17.3. The van der Waals surface area contributed by atoms with Gasteiger partial charge in [-0.2, -0.15) is 0 Å². The first-order chi connectivity index (χ1) is 17.4. The van der Waals surface area contributed by atoms with Crippen LogP contribution in [0.3, 0.4) is 0 Å². The van der Waals surface area contributed by atoms with Crippen molar-refractivity contribution in [2.24, 2.45) is 0 Å². The second kappa shape index (κ2) is 12.7. The Morgan fingerprint density at radius 1 is 0.972 bits per heavy atom. The Bertz CT molecular complexity index is 1350. The lowest BCUT2D eigenvalue weighted by Crippen LogP contribution is -2.31. The van der Waals surface area contributed by atoms with Crippen molar-refractivity contribution in [1.82, 2.24) is 15.6 Å². The molecular weight excluding hydrogens is 517 g/mol. The SMILES string of the molecule is O=c1[nH]c2c(O)ccc(CC(O)NCCCc3cccc(CNCCc4c(Cl)cccc4Cl)c3)c2s1. The number of phenolic OH excluding ortho intramolecular Hbond substituents is 1. The number of aliphatic hydroxyl groups is 1. The number of aromatic amines is 1. The summed E-state index contributed by atoms with van der Waals surface area (Å²) in [7, 11) is 0. The molecule has 0 bridgehead atoms. The summed E-state index contributed by atoms with van der Waals surface area (Å²) < 4.78 is 0.682. The standard InChI is InChI=1S/C27H29Cl2N3O3S/c28-21-7-2-8-22(29)20(21)11-13-30-16-18-5-1-4-17(14-18)6-3-12-31-24(34)15-19-9-10-23(33)25-26(19)36-27(35)32-25/h1-2,4-5,7-10,14,24,30-31,33-34H,3,6,11-13,15-16H2,(H,32,35). The molecule has 5 N–H and O–H groups in total. The minimum absolute atomic E-state index is 0.0389. The average Bonchev–Trinajstić information content (AvgIpc) is 3.26. The fraction of sp³-hybridized carbons (Fsp3) is 0.296. The van der Waals surface area contributed by atoms with Gasteiger partial charge in [0.05, 0.1) is 4.70 Å². The zero-order chi connectivity index (χ0) is 25.5. The third kappa shape index (κ3) is 7.09. The number of aryl methyl sites for hydroxylation is 1. The van der Waals surface area contributed by atoms with Crippen molar-refractivity contribution in [3.63, 3.8) is 0 Å². The third-order valence-electron chi connectivity index (χ3n) is 6.01. The molecule has 0 radical (unpaired) electrons. The molecule has 1 aromatic heterocycles. The van der Waals surface area contributed by atoms with E-state index in [1.54, 1.807) is 12.1 Å². The van der Waals surface area contributed by atoms with Crippen LogP contribution in [0.1, 0.15) is 28.7 Å². The van der Waals surface area contributed by atoms with Crippen molar-refractivity contribution in [1.29, 1.82) is 0 Å². The Hall–Kier alpha value is -2.39. The van der Waals surface area contributed by atoms with E-state index in [-0.39, 0.29) is 10.6 Å². The predicted molar refractivity (Wildman–Crippen MR) is 148 cm³/mol. The van der Waals surface area contributed by atoms with Gasteiger partial charge >= 0.3 is 4.87 Å². The van der Waals surface area contributed by atoms with Crippen molar-refractivity contribution < 1.29 is 10.2 Å². The van der Waals surface area contributed by atoms with Crippen LogP contribution in [0, 0.1) is 0 Å². The predicted octanol–water partition coefficient (Wildman–Crippen LogP) is 5.02. The van der Waals surface area contributed by atoms with E-state index in [0.29, 0.717) is 33.2 Å². The number of aliphatic hydroxyl groups excluding tert-OH is 1. The lowest BCUT2D eigenvalue weighted by molar-refractivity contribution is 0.138. The first kappa shape index (κ1) is 26.7. The first-order valence-corrected chi connectivity index (χ1v) is 13.4. The Labute approximate surface area is 223 Å². The molecule has 4 rings (SSSR count). The maximum absolute atomic E-state index is 11.7. The number of hydrogen-bond acceptors (Lipinski definition) is 6. The number of thiazole rings is 1. The van der Waals surface area contributed by atoms with Crippen LogP contribution in [0.5, 0.6) is 5.75 Å². The lowest BCUT2D eigenvalue weighted by Gasteiger charge is -2.14. The number of aromatic hydroxyl groups is 1. The largest absolute Gasteiger partial charge is 0.506 e. The van der Waals surface area contributed by atoms with Gasteiger partial charge in [-0.15, -0.1) is 0 Å². The number of fused-ring (bicyclic) bond motifs is 1. The monoisotopic (exact) mass is 545 g/mol.